The number of aliphatic carboxylic acids is 1. The Morgan fingerprint density at radius 3 is 1.79 bits per heavy atom. The fourth-order valence-electron chi connectivity index (χ4n) is 0.772. The highest BCUT2D eigenvalue weighted by atomic mass is 35.5. The number of aryl methyl sites for hydroxylation is 1. The smallest absolute Gasteiger partial charge is 0.300 e. The summed E-state index contributed by atoms with van der Waals surface area (Å²) in [7, 11) is 0. The molecule has 0 aliphatic heterocycles. The van der Waals surface area contributed by atoms with Crippen LogP contribution in [0.3, 0.4) is 0 Å². The Bertz CT molecular complexity index is 308. The summed E-state index contributed by atoms with van der Waals surface area (Å²) < 4.78 is 0. The molecule has 0 aromatic heterocycles. The van der Waals surface area contributed by atoms with Crippen molar-refractivity contribution in [2.45, 2.75) is 20.8 Å². The zero-order chi connectivity index (χ0) is 11.3. The van der Waals surface area contributed by atoms with E-state index in [9.17, 15) is 0 Å². The van der Waals surface area contributed by atoms with E-state index in [0.29, 0.717) is 0 Å². The lowest BCUT2D eigenvalue weighted by Crippen LogP contribution is -1.79. The maximum absolute atomic E-state index is 9.00. The minimum Gasteiger partial charge on any atom is -0.481 e. The molecule has 0 fully saturated rings. The molecule has 0 spiro atoms. The van der Waals surface area contributed by atoms with Gasteiger partial charge in [-0.05, 0) is 37.1 Å². The van der Waals surface area contributed by atoms with Gasteiger partial charge in [0.25, 0.3) is 5.97 Å². The van der Waals surface area contributed by atoms with Gasteiger partial charge in [0.15, 0.2) is 0 Å². The maximum atomic E-state index is 9.00. The second-order valence-corrected chi connectivity index (χ2v) is 3.69. The molecular weight excluding hydrogens is 223 g/mol. The summed E-state index contributed by atoms with van der Waals surface area (Å²) in [5.41, 5.74) is 2.05. The molecule has 0 bridgehead atoms. The number of rotatable bonds is 0. The highest BCUT2D eigenvalue weighted by Crippen LogP contribution is 2.24. The Kier molecular flexibility index (Phi) is 5.58. The lowest BCUT2D eigenvalue weighted by Gasteiger charge is -2.01. The van der Waals surface area contributed by atoms with E-state index >= 15 is 0 Å². The number of carbonyl (C=O) groups is 1. The molecule has 1 aromatic rings. The first-order valence-electron chi connectivity index (χ1n) is 3.96. The second kappa shape index (κ2) is 5.89. The van der Waals surface area contributed by atoms with Crippen molar-refractivity contribution in [3.05, 3.63) is 33.3 Å². The van der Waals surface area contributed by atoms with Gasteiger partial charge in [-0.15, -0.1) is 0 Å². The highest BCUT2D eigenvalue weighted by Gasteiger charge is 1.99. The molecule has 1 N–H and O–H groups in total. The normalized spacial score (nSPS) is 8.93. The summed E-state index contributed by atoms with van der Waals surface area (Å²) in [5.74, 6) is -0.833. The van der Waals surface area contributed by atoms with E-state index in [4.69, 9.17) is 33.1 Å². The minimum absolute atomic E-state index is 0.741. The van der Waals surface area contributed by atoms with Gasteiger partial charge in [0.1, 0.15) is 0 Å². The monoisotopic (exact) mass is 234 g/mol. The van der Waals surface area contributed by atoms with E-state index in [0.717, 1.165) is 28.1 Å². The van der Waals surface area contributed by atoms with Crippen molar-refractivity contribution in [1.82, 2.24) is 0 Å². The van der Waals surface area contributed by atoms with E-state index < -0.39 is 5.97 Å². The van der Waals surface area contributed by atoms with Crippen molar-refractivity contribution < 1.29 is 9.90 Å². The Hall–Kier alpha value is -0.730. The second-order valence-electron chi connectivity index (χ2n) is 2.87. The van der Waals surface area contributed by atoms with Gasteiger partial charge < -0.3 is 5.11 Å². The first kappa shape index (κ1) is 13.3. The molecule has 0 saturated carbocycles. The van der Waals surface area contributed by atoms with Crippen molar-refractivity contribution in [3.8, 4) is 0 Å². The van der Waals surface area contributed by atoms with Crippen LogP contribution in [0.15, 0.2) is 12.1 Å². The summed E-state index contributed by atoms with van der Waals surface area (Å²) in [4.78, 5) is 9.00. The average Bonchev–Trinajstić information content (AvgIpc) is 1.98. The number of carboxylic acid groups (broad SMARTS) is 1. The standard InChI is InChI=1S/C8H8Cl2.C2H4O2/c1-5-3-7(9)6(2)8(10)4-5;1-2(3)4/h3-4H,1-2H3;1H3,(H,3,4). The fourth-order valence-corrected chi connectivity index (χ4v) is 1.37. The zero-order valence-corrected chi connectivity index (χ0v) is 9.78. The van der Waals surface area contributed by atoms with Gasteiger partial charge in [-0.1, -0.05) is 23.2 Å². The molecule has 14 heavy (non-hydrogen) atoms. The first-order valence-corrected chi connectivity index (χ1v) is 4.72. The van der Waals surface area contributed by atoms with Crippen LogP contribution in [-0.2, 0) is 4.79 Å². The molecule has 0 aliphatic carbocycles. The van der Waals surface area contributed by atoms with Crippen LogP contribution in [-0.4, -0.2) is 11.1 Å². The molecule has 1 aromatic carbocycles. The zero-order valence-electron chi connectivity index (χ0n) is 8.27. The summed E-state index contributed by atoms with van der Waals surface area (Å²) >= 11 is 11.7. The molecule has 0 aliphatic rings. The molecule has 0 heterocycles. The number of carboxylic acids is 1. The van der Waals surface area contributed by atoms with Crippen molar-refractivity contribution in [1.29, 1.82) is 0 Å². The quantitative estimate of drug-likeness (QED) is 0.744. The van der Waals surface area contributed by atoms with E-state index in [1.54, 1.807) is 0 Å². The van der Waals surface area contributed by atoms with Crippen LogP contribution in [0.1, 0.15) is 18.1 Å². The molecule has 0 amide bonds. The Labute approximate surface area is 93.5 Å². The third kappa shape index (κ3) is 5.10. The summed E-state index contributed by atoms with van der Waals surface area (Å²) in [5, 5.41) is 8.90. The number of halogens is 2. The van der Waals surface area contributed by atoms with Gasteiger partial charge in [0, 0.05) is 17.0 Å². The maximum Gasteiger partial charge on any atom is 0.300 e. The Morgan fingerprint density at radius 2 is 1.50 bits per heavy atom. The predicted octanol–water partition coefficient (Wildman–Crippen LogP) is 3.70. The van der Waals surface area contributed by atoms with Gasteiger partial charge in [0.05, 0.1) is 0 Å². The topological polar surface area (TPSA) is 37.3 Å². The van der Waals surface area contributed by atoms with Gasteiger partial charge >= 0.3 is 0 Å². The van der Waals surface area contributed by atoms with Gasteiger partial charge in [-0.2, -0.15) is 0 Å². The summed E-state index contributed by atoms with van der Waals surface area (Å²) in [6, 6.07) is 3.81. The van der Waals surface area contributed by atoms with Crippen molar-refractivity contribution in [2.75, 3.05) is 0 Å². The van der Waals surface area contributed by atoms with E-state index in [1.807, 2.05) is 26.0 Å². The first-order chi connectivity index (χ1) is 6.34. The van der Waals surface area contributed by atoms with Crippen LogP contribution < -0.4 is 0 Å². The molecule has 78 valence electrons. The van der Waals surface area contributed by atoms with Crippen LogP contribution in [0.2, 0.25) is 10.0 Å². The molecule has 0 radical (unpaired) electrons. The molecule has 0 unspecified atom stereocenters. The number of hydrogen-bond donors (Lipinski definition) is 1. The van der Waals surface area contributed by atoms with Gasteiger partial charge in [-0.25, -0.2) is 0 Å². The highest BCUT2D eigenvalue weighted by molar-refractivity contribution is 6.36. The summed E-state index contributed by atoms with van der Waals surface area (Å²) in [6.07, 6.45) is 0. The largest absolute Gasteiger partial charge is 0.481 e. The number of benzene rings is 1. The van der Waals surface area contributed by atoms with Gasteiger partial charge in [-0.3, -0.25) is 4.79 Å². The lowest BCUT2D eigenvalue weighted by atomic mass is 10.2. The van der Waals surface area contributed by atoms with Crippen molar-refractivity contribution in [3.63, 3.8) is 0 Å². The molecule has 0 saturated heterocycles. The van der Waals surface area contributed by atoms with Gasteiger partial charge in [0.2, 0.25) is 0 Å². The van der Waals surface area contributed by atoms with Crippen LogP contribution in [0.25, 0.3) is 0 Å². The Morgan fingerprint density at radius 1 is 1.21 bits per heavy atom. The van der Waals surface area contributed by atoms with E-state index in [-0.39, 0.29) is 0 Å². The third-order valence-corrected chi connectivity index (χ3v) is 2.21. The SMILES string of the molecule is CC(=O)O.Cc1cc(Cl)c(C)c(Cl)c1. The number of hydrogen-bond acceptors (Lipinski definition) is 1. The van der Waals surface area contributed by atoms with Crippen LogP contribution >= 0.6 is 23.2 Å². The lowest BCUT2D eigenvalue weighted by molar-refractivity contribution is -0.134. The third-order valence-electron chi connectivity index (χ3n) is 1.43. The summed E-state index contributed by atoms with van der Waals surface area (Å²) in [6.45, 7) is 4.96. The molecule has 0 atom stereocenters. The predicted molar refractivity (Wildman–Crippen MR) is 59.2 cm³/mol. The fraction of sp³-hybridized carbons (Fsp3) is 0.300. The minimum atomic E-state index is -0.833. The van der Waals surface area contributed by atoms with Crippen molar-refractivity contribution in [2.24, 2.45) is 0 Å². The van der Waals surface area contributed by atoms with E-state index in [2.05, 4.69) is 0 Å². The molecule has 4 heteroatoms. The molecular formula is C10H12Cl2O2. The average molecular weight is 235 g/mol. The van der Waals surface area contributed by atoms with Crippen LogP contribution in [0.4, 0.5) is 0 Å². The van der Waals surface area contributed by atoms with Crippen LogP contribution in [0.5, 0.6) is 0 Å². The van der Waals surface area contributed by atoms with Crippen molar-refractivity contribution >= 4 is 29.2 Å². The molecule has 1 rings (SSSR count). The van der Waals surface area contributed by atoms with E-state index in [1.165, 1.54) is 0 Å². The molecule has 2 nitrogen and oxygen atoms in total. The van der Waals surface area contributed by atoms with Crippen LogP contribution in [0, 0.1) is 13.8 Å². The Balaban J connectivity index is 0.000000364.